The highest BCUT2D eigenvalue weighted by molar-refractivity contribution is 6.17. The van der Waals surface area contributed by atoms with Crippen LogP contribution in [0.15, 0.2) is 35.4 Å². The minimum absolute atomic E-state index is 0.0834. The molecule has 0 saturated carbocycles. The first-order valence-corrected chi connectivity index (χ1v) is 5.07. The van der Waals surface area contributed by atoms with Crippen molar-refractivity contribution in [3.05, 3.63) is 46.3 Å². The molecule has 74 valence electrons. The summed E-state index contributed by atoms with van der Waals surface area (Å²) in [7, 11) is 0. The van der Waals surface area contributed by atoms with Crippen LogP contribution in [0.25, 0.3) is 10.4 Å². The normalized spacial score (nSPS) is 11.8. The van der Waals surface area contributed by atoms with Crippen LogP contribution in [0.4, 0.5) is 0 Å². The largest absolute Gasteiger partial charge is 0.127 e. The Morgan fingerprint density at radius 2 is 2.07 bits per heavy atom. The Bertz CT molecular complexity index is 306. The molecule has 0 aliphatic carbocycles. The zero-order chi connectivity index (χ0) is 10.2. The van der Waals surface area contributed by atoms with E-state index in [9.17, 15) is 0 Å². The van der Waals surface area contributed by atoms with Crippen LogP contribution in [0.3, 0.4) is 0 Å². The number of nitrogens with zero attached hydrogens (tertiary/aromatic N) is 3. The van der Waals surface area contributed by atoms with Crippen molar-refractivity contribution in [2.24, 2.45) is 5.11 Å². The van der Waals surface area contributed by atoms with Crippen LogP contribution in [0.5, 0.6) is 0 Å². The lowest BCUT2D eigenvalue weighted by atomic mass is 10.0. The lowest BCUT2D eigenvalue weighted by Gasteiger charge is -2.09. The molecule has 0 aliphatic heterocycles. The van der Waals surface area contributed by atoms with Crippen LogP contribution in [-0.4, -0.2) is 5.88 Å². The van der Waals surface area contributed by atoms with Gasteiger partial charge in [0.05, 0.1) is 6.04 Å². The standard InChI is InChI=1S/C10H12ClN3/c11-8-4-7-10(13-14-12)9-5-2-1-3-6-9/h1-3,5-6,10H,4,7-8H2. The highest BCUT2D eigenvalue weighted by Gasteiger charge is 2.07. The Morgan fingerprint density at radius 3 is 2.64 bits per heavy atom. The number of hydrogen-bond acceptors (Lipinski definition) is 1. The van der Waals surface area contributed by atoms with E-state index < -0.39 is 0 Å². The van der Waals surface area contributed by atoms with Crippen molar-refractivity contribution in [3.63, 3.8) is 0 Å². The van der Waals surface area contributed by atoms with Gasteiger partial charge in [0.25, 0.3) is 0 Å². The quantitative estimate of drug-likeness (QED) is 0.304. The summed E-state index contributed by atoms with van der Waals surface area (Å²) < 4.78 is 0. The first kappa shape index (κ1) is 10.9. The molecule has 1 aromatic rings. The Hall–Kier alpha value is -1.18. The third-order valence-corrected chi connectivity index (χ3v) is 2.25. The monoisotopic (exact) mass is 209 g/mol. The average molecular weight is 210 g/mol. The smallest absolute Gasteiger partial charge is 0.0625 e. The molecule has 0 fully saturated rings. The number of azide groups is 1. The van der Waals surface area contributed by atoms with Gasteiger partial charge in [-0.05, 0) is 23.9 Å². The molecule has 0 heterocycles. The SMILES string of the molecule is [N-]=[N+]=NC(CCCCl)c1ccccc1. The first-order chi connectivity index (χ1) is 6.88. The predicted molar refractivity (Wildman–Crippen MR) is 58.3 cm³/mol. The summed E-state index contributed by atoms with van der Waals surface area (Å²) in [5.41, 5.74) is 9.47. The second-order valence-electron chi connectivity index (χ2n) is 2.96. The molecule has 0 saturated heterocycles. The van der Waals surface area contributed by atoms with Crippen LogP contribution in [-0.2, 0) is 0 Å². The summed E-state index contributed by atoms with van der Waals surface area (Å²) in [5, 5.41) is 3.75. The van der Waals surface area contributed by atoms with Crippen LogP contribution in [0.2, 0.25) is 0 Å². The molecule has 1 aromatic carbocycles. The Balaban J connectivity index is 2.72. The molecule has 0 aliphatic rings. The molecule has 1 atom stereocenters. The summed E-state index contributed by atoms with van der Waals surface area (Å²) >= 11 is 5.60. The fourth-order valence-electron chi connectivity index (χ4n) is 1.30. The Labute approximate surface area is 88.3 Å². The van der Waals surface area contributed by atoms with E-state index >= 15 is 0 Å². The summed E-state index contributed by atoms with van der Waals surface area (Å²) in [6.45, 7) is 0. The molecule has 1 rings (SSSR count). The van der Waals surface area contributed by atoms with Crippen molar-refractivity contribution < 1.29 is 0 Å². The molecule has 3 nitrogen and oxygen atoms in total. The van der Waals surface area contributed by atoms with E-state index in [0.717, 1.165) is 18.4 Å². The summed E-state index contributed by atoms with van der Waals surface area (Å²) in [6, 6.07) is 9.67. The maximum atomic E-state index is 8.42. The molecule has 0 aromatic heterocycles. The fraction of sp³-hybridized carbons (Fsp3) is 0.400. The van der Waals surface area contributed by atoms with E-state index in [0.29, 0.717) is 5.88 Å². The van der Waals surface area contributed by atoms with Gasteiger partial charge in [0, 0.05) is 10.8 Å². The van der Waals surface area contributed by atoms with Crippen molar-refractivity contribution in [1.29, 1.82) is 0 Å². The van der Waals surface area contributed by atoms with Crippen molar-refractivity contribution in [2.45, 2.75) is 18.9 Å². The van der Waals surface area contributed by atoms with Crippen LogP contribution in [0, 0.1) is 0 Å². The highest BCUT2D eigenvalue weighted by atomic mass is 35.5. The molecule has 0 bridgehead atoms. The van der Waals surface area contributed by atoms with Crippen LogP contribution >= 0.6 is 11.6 Å². The predicted octanol–water partition coefficient (Wildman–Crippen LogP) is 4.06. The number of alkyl halides is 1. The van der Waals surface area contributed by atoms with E-state index in [4.69, 9.17) is 17.1 Å². The third-order valence-electron chi connectivity index (χ3n) is 1.99. The third kappa shape index (κ3) is 3.29. The molecule has 14 heavy (non-hydrogen) atoms. The average Bonchev–Trinajstić information content (AvgIpc) is 2.25. The topological polar surface area (TPSA) is 48.8 Å². The van der Waals surface area contributed by atoms with Gasteiger partial charge in [0.2, 0.25) is 0 Å². The molecule has 4 heteroatoms. The van der Waals surface area contributed by atoms with Gasteiger partial charge in [-0.2, -0.15) is 0 Å². The lowest BCUT2D eigenvalue weighted by molar-refractivity contribution is 0.637. The van der Waals surface area contributed by atoms with Crippen molar-refractivity contribution in [1.82, 2.24) is 0 Å². The molecular weight excluding hydrogens is 198 g/mol. The van der Waals surface area contributed by atoms with E-state index in [2.05, 4.69) is 10.0 Å². The Morgan fingerprint density at radius 1 is 1.36 bits per heavy atom. The fourth-order valence-corrected chi connectivity index (χ4v) is 1.45. The molecule has 0 N–H and O–H groups in total. The van der Waals surface area contributed by atoms with E-state index in [1.165, 1.54) is 0 Å². The minimum Gasteiger partial charge on any atom is -0.127 e. The van der Waals surface area contributed by atoms with Gasteiger partial charge in [-0.15, -0.1) is 11.6 Å². The molecule has 0 spiro atoms. The van der Waals surface area contributed by atoms with E-state index in [1.807, 2.05) is 30.3 Å². The lowest BCUT2D eigenvalue weighted by Crippen LogP contribution is -1.94. The van der Waals surface area contributed by atoms with Gasteiger partial charge in [0.1, 0.15) is 0 Å². The van der Waals surface area contributed by atoms with Gasteiger partial charge < -0.3 is 0 Å². The molecule has 0 amide bonds. The second kappa shape index (κ2) is 6.30. The van der Waals surface area contributed by atoms with Gasteiger partial charge in [-0.1, -0.05) is 35.4 Å². The van der Waals surface area contributed by atoms with E-state index in [-0.39, 0.29) is 6.04 Å². The zero-order valence-electron chi connectivity index (χ0n) is 7.81. The number of benzene rings is 1. The van der Waals surface area contributed by atoms with Crippen molar-refractivity contribution in [3.8, 4) is 0 Å². The van der Waals surface area contributed by atoms with Crippen LogP contribution < -0.4 is 0 Å². The summed E-state index contributed by atoms with van der Waals surface area (Å²) in [4.78, 5) is 2.85. The number of halogens is 1. The number of rotatable bonds is 5. The minimum atomic E-state index is -0.0834. The summed E-state index contributed by atoms with van der Waals surface area (Å²) in [6.07, 6.45) is 1.66. The van der Waals surface area contributed by atoms with Gasteiger partial charge >= 0.3 is 0 Å². The van der Waals surface area contributed by atoms with E-state index in [1.54, 1.807) is 0 Å². The molecule has 0 radical (unpaired) electrons. The maximum absolute atomic E-state index is 8.42. The maximum Gasteiger partial charge on any atom is 0.0625 e. The second-order valence-corrected chi connectivity index (χ2v) is 3.34. The number of hydrogen-bond donors (Lipinski definition) is 0. The van der Waals surface area contributed by atoms with Gasteiger partial charge in [0.15, 0.2) is 0 Å². The Kier molecular flexibility index (Phi) is 4.90. The summed E-state index contributed by atoms with van der Waals surface area (Å²) in [5.74, 6) is 0.601. The highest BCUT2D eigenvalue weighted by Crippen LogP contribution is 2.22. The van der Waals surface area contributed by atoms with Crippen LogP contribution in [0.1, 0.15) is 24.4 Å². The molecular formula is C10H12ClN3. The molecule has 1 unspecified atom stereocenters. The van der Waals surface area contributed by atoms with Gasteiger partial charge in [-0.25, -0.2) is 0 Å². The van der Waals surface area contributed by atoms with Crippen molar-refractivity contribution >= 4 is 11.6 Å². The zero-order valence-corrected chi connectivity index (χ0v) is 8.56. The first-order valence-electron chi connectivity index (χ1n) is 4.53. The van der Waals surface area contributed by atoms with Crippen molar-refractivity contribution in [2.75, 3.05) is 5.88 Å². The van der Waals surface area contributed by atoms with Gasteiger partial charge in [-0.3, -0.25) is 0 Å².